The SMILES string of the molecule is O=C(NN=Cc1ccc(C(F)(F)F)cc1)c1cc(-c2ccc(Cl)cc2)nc2ccccc12. The number of amides is 1. The Balaban J connectivity index is 1.60. The van der Waals surface area contributed by atoms with Crippen molar-refractivity contribution in [1.29, 1.82) is 0 Å². The molecule has 160 valence electrons. The van der Waals surface area contributed by atoms with Crippen molar-refractivity contribution in [2.75, 3.05) is 0 Å². The van der Waals surface area contributed by atoms with Gasteiger partial charge in [-0.15, -0.1) is 0 Å². The molecule has 0 radical (unpaired) electrons. The summed E-state index contributed by atoms with van der Waals surface area (Å²) in [5.74, 6) is -0.470. The van der Waals surface area contributed by atoms with Crippen LogP contribution in [0.25, 0.3) is 22.2 Å². The number of carbonyl (C=O) groups is 1. The third-order valence-electron chi connectivity index (χ3n) is 4.72. The van der Waals surface area contributed by atoms with Gasteiger partial charge in [0.15, 0.2) is 0 Å². The first-order chi connectivity index (χ1) is 15.3. The standard InChI is InChI=1S/C24H15ClF3N3O/c25-18-11-7-16(8-12-18)22-13-20(19-3-1-2-4-21(19)30-22)23(32)31-29-14-15-5-9-17(10-6-15)24(26,27)28/h1-14H,(H,31,32). The van der Waals surface area contributed by atoms with Crippen LogP contribution in [0.15, 0.2) is 84.0 Å². The highest BCUT2D eigenvalue weighted by Gasteiger charge is 2.29. The van der Waals surface area contributed by atoms with E-state index >= 15 is 0 Å². The molecule has 1 aromatic heterocycles. The molecule has 4 aromatic rings. The predicted molar refractivity (Wildman–Crippen MR) is 119 cm³/mol. The Hall–Kier alpha value is -3.71. The van der Waals surface area contributed by atoms with Gasteiger partial charge in [0.2, 0.25) is 0 Å². The van der Waals surface area contributed by atoms with Crippen molar-refractivity contribution in [2.24, 2.45) is 5.10 Å². The molecule has 0 aliphatic rings. The van der Waals surface area contributed by atoms with Gasteiger partial charge in [-0.1, -0.05) is 54.1 Å². The summed E-state index contributed by atoms with van der Waals surface area (Å²) < 4.78 is 38.0. The van der Waals surface area contributed by atoms with Crippen molar-refractivity contribution in [1.82, 2.24) is 10.4 Å². The highest BCUT2D eigenvalue weighted by atomic mass is 35.5. The Morgan fingerprint density at radius 1 is 0.969 bits per heavy atom. The molecule has 1 amide bonds. The first-order valence-corrected chi connectivity index (χ1v) is 9.85. The second-order valence-corrected chi connectivity index (χ2v) is 7.33. The minimum Gasteiger partial charge on any atom is -0.267 e. The lowest BCUT2D eigenvalue weighted by atomic mass is 10.0. The lowest BCUT2D eigenvalue weighted by Crippen LogP contribution is -2.18. The van der Waals surface area contributed by atoms with Crippen molar-refractivity contribution < 1.29 is 18.0 Å². The molecule has 0 spiro atoms. The molecule has 1 heterocycles. The van der Waals surface area contributed by atoms with E-state index in [1.807, 2.05) is 18.2 Å². The molecule has 0 atom stereocenters. The maximum absolute atomic E-state index is 12.8. The average Bonchev–Trinajstić information content (AvgIpc) is 2.78. The summed E-state index contributed by atoms with van der Waals surface area (Å²) in [6.45, 7) is 0. The van der Waals surface area contributed by atoms with Crippen LogP contribution in [0.5, 0.6) is 0 Å². The van der Waals surface area contributed by atoms with E-state index in [9.17, 15) is 18.0 Å². The van der Waals surface area contributed by atoms with Crippen LogP contribution in [-0.2, 0) is 6.18 Å². The zero-order valence-corrected chi connectivity index (χ0v) is 17.2. The summed E-state index contributed by atoms with van der Waals surface area (Å²) in [5.41, 5.74) is 4.49. The second kappa shape index (κ2) is 8.80. The quantitative estimate of drug-likeness (QED) is 0.289. The predicted octanol–water partition coefficient (Wildman–Crippen LogP) is 6.34. The Labute approximate surface area is 186 Å². The van der Waals surface area contributed by atoms with Gasteiger partial charge in [0.1, 0.15) is 0 Å². The first kappa shape index (κ1) is 21.5. The van der Waals surface area contributed by atoms with Crippen molar-refractivity contribution >= 4 is 34.6 Å². The van der Waals surface area contributed by atoms with Gasteiger partial charge in [-0.3, -0.25) is 4.79 Å². The minimum absolute atomic E-state index is 0.366. The van der Waals surface area contributed by atoms with E-state index in [-0.39, 0.29) is 0 Å². The van der Waals surface area contributed by atoms with Gasteiger partial charge in [0.05, 0.1) is 28.6 Å². The molecule has 0 aliphatic heterocycles. The van der Waals surface area contributed by atoms with Crippen LogP contribution in [0.1, 0.15) is 21.5 Å². The molecule has 0 bridgehead atoms. The number of nitrogens with one attached hydrogen (secondary N) is 1. The van der Waals surface area contributed by atoms with E-state index in [2.05, 4.69) is 15.5 Å². The third-order valence-corrected chi connectivity index (χ3v) is 4.97. The summed E-state index contributed by atoms with van der Waals surface area (Å²) in [5, 5.41) is 5.12. The highest BCUT2D eigenvalue weighted by molar-refractivity contribution is 6.30. The lowest BCUT2D eigenvalue weighted by Gasteiger charge is -2.09. The molecule has 0 aliphatic carbocycles. The maximum Gasteiger partial charge on any atom is 0.416 e. The summed E-state index contributed by atoms with van der Waals surface area (Å²) >= 11 is 5.96. The Morgan fingerprint density at radius 3 is 2.34 bits per heavy atom. The van der Waals surface area contributed by atoms with Gasteiger partial charge in [-0.05, 0) is 42.0 Å². The number of carbonyl (C=O) groups excluding carboxylic acids is 1. The molecular weight excluding hydrogens is 439 g/mol. The fraction of sp³-hybridized carbons (Fsp3) is 0.0417. The molecule has 32 heavy (non-hydrogen) atoms. The fourth-order valence-corrected chi connectivity index (χ4v) is 3.24. The molecule has 0 saturated heterocycles. The van der Waals surface area contributed by atoms with Gasteiger partial charge < -0.3 is 0 Å². The van der Waals surface area contributed by atoms with Crippen LogP contribution in [0.2, 0.25) is 5.02 Å². The van der Waals surface area contributed by atoms with E-state index in [0.29, 0.717) is 32.7 Å². The molecular formula is C24H15ClF3N3O. The Kier molecular flexibility index (Phi) is 5.92. The van der Waals surface area contributed by atoms with Crippen molar-refractivity contribution in [2.45, 2.75) is 6.18 Å². The summed E-state index contributed by atoms with van der Waals surface area (Å²) in [7, 11) is 0. The van der Waals surface area contributed by atoms with Crippen LogP contribution >= 0.6 is 11.6 Å². The number of hydrazone groups is 1. The normalized spacial score (nSPS) is 11.8. The van der Waals surface area contributed by atoms with Gasteiger partial charge >= 0.3 is 6.18 Å². The minimum atomic E-state index is -4.41. The zero-order chi connectivity index (χ0) is 22.7. The molecule has 4 rings (SSSR count). The van der Waals surface area contributed by atoms with E-state index in [1.54, 1.807) is 36.4 Å². The van der Waals surface area contributed by atoms with Gasteiger partial charge in [0.25, 0.3) is 5.91 Å². The molecule has 3 aromatic carbocycles. The number of hydrogen-bond donors (Lipinski definition) is 1. The number of benzene rings is 3. The monoisotopic (exact) mass is 453 g/mol. The molecule has 8 heteroatoms. The Morgan fingerprint density at radius 2 is 1.66 bits per heavy atom. The van der Waals surface area contributed by atoms with Gasteiger partial charge in [-0.2, -0.15) is 18.3 Å². The number of aromatic nitrogens is 1. The molecule has 1 N–H and O–H groups in total. The number of nitrogens with zero attached hydrogens (tertiary/aromatic N) is 2. The number of fused-ring (bicyclic) bond motifs is 1. The lowest BCUT2D eigenvalue weighted by molar-refractivity contribution is -0.137. The summed E-state index contributed by atoms with van der Waals surface area (Å²) in [4.78, 5) is 17.5. The van der Waals surface area contributed by atoms with Gasteiger partial charge in [0, 0.05) is 16.0 Å². The summed E-state index contributed by atoms with van der Waals surface area (Å²) in [6.07, 6.45) is -3.13. The highest BCUT2D eigenvalue weighted by Crippen LogP contribution is 2.29. The fourth-order valence-electron chi connectivity index (χ4n) is 3.12. The largest absolute Gasteiger partial charge is 0.416 e. The number of halogens is 4. The topological polar surface area (TPSA) is 54.4 Å². The average molecular weight is 454 g/mol. The molecule has 0 saturated carbocycles. The smallest absolute Gasteiger partial charge is 0.267 e. The van der Waals surface area contributed by atoms with Crippen LogP contribution in [0.4, 0.5) is 13.2 Å². The summed E-state index contributed by atoms with van der Waals surface area (Å²) in [6, 6.07) is 20.4. The number of alkyl halides is 3. The van der Waals surface area contributed by atoms with E-state index < -0.39 is 17.6 Å². The van der Waals surface area contributed by atoms with Crippen LogP contribution in [-0.4, -0.2) is 17.1 Å². The zero-order valence-electron chi connectivity index (χ0n) is 16.4. The molecule has 0 unspecified atom stereocenters. The number of para-hydroxylation sites is 1. The van der Waals surface area contributed by atoms with Crippen molar-refractivity contribution in [3.8, 4) is 11.3 Å². The third kappa shape index (κ3) is 4.78. The number of hydrogen-bond acceptors (Lipinski definition) is 3. The van der Waals surface area contributed by atoms with E-state index in [1.165, 1.54) is 18.3 Å². The van der Waals surface area contributed by atoms with Crippen molar-refractivity contribution in [3.63, 3.8) is 0 Å². The van der Waals surface area contributed by atoms with Crippen molar-refractivity contribution in [3.05, 3.63) is 101 Å². The molecule has 0 fully saturated rings. The van der Waals surface area contributed by atoms with E-state index in [0.717, 1.165) is 17.7 Å². The first-order valence-electron chi connectivity index (χ1n) is 9.48. The second-order valence-electron chi connectivity index (χ2n) is 6.90. The van der Waals surface area contributed by atoms with Gasteiger partial charge in [-0.25, -0.2) is 10.4 Å². The molecule has 4 nitrogen and oxygen atoms in total. The van der Waals surface area contributed by atoms with Crippen LogP contribution < -0.4 is 5.43 Å². The van der Waals surface area contributed by atoms with E-state index in [4.69, 9.17) is 11.6 Å². The van der Waals surface area contributed by atoms with Crippen LogP contribution in [0, 0.1) is 0 Å². The maximum atomic E-state index is 12.8. The van der Waals surface area contributed by atoms with Crippen LogP contribution in [0.3, 0.4) is 0 Å². The Bertz CT molecular complexity index is 1300. The number of pyridine rings is 1. The number of rotatable bonds is 4.